The van der Waals surface area contributed by atoms with E-state index < -0.39 is 36.4 Å². The third kappa shape index (κ3) is 12.1. The second-order valence-electron chi connectivity index (χ2n) is 5.78. The van der Waals surface area contributed by atoms with Crippen LogP contribution in [0.1, 0.15) is 71.1 Å². The first-order valence-corrected chi connectivity index (χ1v) is 8.15. The van der Waals surface area contributed by atoms with Crippen molar-refractivity contribution in [2.75, 3.05) is 6.61 Å². The quantitative estimate of drug-likeness (QED) is 0.318. The predicted octanol–water partition coefficient (Wildman–Crippen LogP) is 2.77. The first-order chi connectivity index (χ1) is 10.8. The van der Waals surface area contributed by atoms with E-state index in [2.05, 4.69) is 6.92 Å². The van der Waals surface area contributed by atoms with E-state index in [1.165, 1.54) is 25.7 Å². The number of carbonyl (C=O) groups excluding carboxylic acids is 1. The van der Waals surface area contributed by atoms with Crippen LogP contribution < -0.4 is 0 Å². The van der Waals surface area contributed by atoms with Gasteiger partial charge in [0.25, 0.3) is 0 Å². The number of hydrogen-bond acceptors (Lipinski definition) is 5. The molecule has 1 atom stereocenters. The van der Waals surface area contributed by atoms with Gasteiger partial charge < -0.3 is 20.1 Å². The summed E-state index contributed by atoms with van der Waals surface area (Å²) in [6, 6.07) is 0. The highest BCUT2D eigenvalue weighted by atomic mass is 35.5. The molecule has 0 aromatic rings. The van der Waals surface area contributed by atoms with Crippen LogP contribution in [0.5, 0.6) is 0 Å². The van der Waals surface area contributed by atoms with Gasteiger partial charge in [-0.15, -0.1) is 12.4 Å². The Morgan fingerprint density at radius 1 is 0.875 bits per heavy atom. The third-order valence-electron chi connectivity index (χ3n) is 3.54. The van der Waals surface area contributed by atoms with Gasteiger partial charge in [0, 0.05) is 0 Å². The van der Waals surface area contributed by atoms with Crippen LogP contribution in [0.25, 0.3) is 0 Å². The van der Waals surface area contributed by atoms with Crippen molar-refractivity contribution in [3.8, 4) is 0 Å². The summed E-state index contributed by atoms with van der Waals surface area (Å²) in [4.78, 5) is 33.0. The van der Waals surface area contributed by atoms with Gasteiger partial charge in [-0.1, -0.05) is 51.9 Å². The summed E-state index contributed by atoms with van der Waals surface area (Å²) in [5.74, 6) is -4.14. The molecular weight excluding hydrogens is 340 g/mol. The Bertz CT molecular complexity index is 387. The first kappa shape index (κ1) is 24.9. The molecule has 8 heteroatoms. The van der Waals surface area contributed by atoms with Crippen LogP contribution in [0.3, 0.4) is 0 Å². The molecular formula is C16H29ClO7. The SMILES string of the molecule is CCCCCCCCCCOC(=O)CC(O)(CC(=O)O)C(=O)O.Cl. The van der Waals surface area contributed by atoms with Gasteiger partial charge in [-0.25, -0.2) is 4.79 Å². The minimum Gasteiger partial charge on any atom is -0.481 e. The normalized spacial score (nSPS) is 12.8. The maximum absolute atomic E-state index is 11.5. The molecule has 7 nitrogen and oxygen atoms in total. The number of aliphatic carboxylic acids is 2. The molecule has 0 fully saturated rings. The van der Waals surface area contributed by atoms with Crippen molar-refractivity contribution in [2.24, 2.45) is 0 Å². The molecule has 0 bridgehead atoms. The number of carbonyl (C=O) groups is 3. The molecule has 0 saturated heterocycles. The lowest BCUT2D eigenvalue weighted by atomic mass is 9.96. The van der Waals surface area contributed by atoms with Crippen molar-refractivity contribution in [3.05, 3.63) is 0 Å². The smallest absolute Gasteiger partial charge is 0.336 e. The molecule has 0 aliphatic carbocycles. The maximum Gasteiger partial charge on any atom is 0.336 e. The minimum atomic E-state index is -2.62. The summed E-state index contributed by atoms with van der Waals surface area (Å²) < 4.78 is 4.86. The lowest BCUT2D eigenvalue weighted by Gasteiger charge is -2.20. The van der Waals surface area contributed by atoms with Gasteiger partial charge in [0.2, 0.25) is 0 Å². The van der Waals surface area contributed by atoms with Crippen molar-refractivity contribution < 1.29 is 34.4 Å². The fourth-order valence-electron chi connectivity index (χ4n) is 2.18. The van der Waals surface area contributed by atoms with E-state index in [0.29, 0.717) is 6.42 Å². The van der Waals surface area contributed by atoms with E-state index in [4.69, 9.17) is 14.9 Å². The molecule has 0 radical (unpaired) electrons. The molecule has 1 unspecified atom stereocenters. The number of hydrogen-bond donors (Lipinski definition) is 3. The fraction of sp³-hybridized carbons (Fsp3) is 0.812. The summed E-state index contributed by atoms with van der Waals surface area (Å²) in [6.07, 6.45) is 6.77. The summed E-state index contributed by atoms with van der Waals surface area (Å²) in [5, 5.41) is 27.1. The molecule has 0 heterocycles. The Morgan fingerprint density at radius 2 is 1.38 bits per heavy atom. The second-order valence-corrected chi connectivity index (χ2v) is 5.78. The van der Waals surface area contributed by atoms with Gasteiger partial charge in [-0.05, 0) is 6.42 Å². The molecule has 142 valence electrons. The van der Waals surface area contributed by atoms with E-state index in [9.17, 15) is 19.5 Å². The Hall–Kier alpha value is -1.34. The first-order valence-electron chi connectivity index (χ1n) is 8.15. The molecule has 0 aromatic heterocycles. The highest BCUT2D eigenvalue weighted by Gasteiger charge is 2.41. The number of halogens is 1. The summed E-state index contributed by atoms with van der Waals surface area (Å²) in [6.45, 7) is 2.31. The van der Waals surface area contributed by atoms with Gasteiger partial charge in [-0.2, -0.15) is 0 Å². The van der Waals surface area contributed by atoms with Gasteiger partial charge >= 0.3 is 17.9 Å². The van der Waals surface area contributed by atoms with Crippen molar-refractivity contribution in [3.63, 3.8) is 0 Å². The Kier molecular flexibility index (Phi) is 14.6. The van der Waals surface area contributed by atoms with Crippen LogP contribution in [-0.2, 0) is 19.1 Å². The molecule has 0 aliphatic heterocycles. The maximum atomic E-state index is 11.5. The van der Waals surface area contributed by atoms with Crippen molar-refractivity contribution in [1.82, 2.24) is 0 Å². The zero-order valence-corrected chi connectivity index (χ0v) is 15.0. The number of ether oxygens (including phenoxy) is 1. The third-order valence-corrected chi connectivity index (χ3v) is 3.54. The number of esters is 1. The van der Waals surface area contributed by atoms with E-state index in [1.54, 1.807) is 0 Å². The lowest BCUT2D eigenvalue weighted by Crippen LogP contribution is -2.43. The molecule has 0 aliphatic rings. The fourth-order valence-corrected chi connectivity index (χ4v) is 2.18. The Labute approximate surface area is 148 Å². The van der Waals surface area contributed by atoms with Crippen LogP contribution in [-0.4, -0.2) is 45.4 Å². The molecule has 0 spiro atoms. The zero-order valence-electron chi connectivity index (χ0n) is 14.2. The van der Waals surface area contributed by atoms with Crippen molar-refractivity contribution >= 4 is 30.3 Å². The van der Waals surface area contributed by atoms with Crippen LogP contribution in [0, 0.1) is 0 Å². The van der Waals surface area contributed by atoms with Crippen LogP contribution in [0.2, 0.25) is 0 Å². The van der Waals surface area contributed by atoms with Gasteiger partial charge in [0.1, 0.15) is 0 Å². The van der Waals surface area contributed by atoms with E-state index in [0.717, 1.165) is 19.3 Å². The largest absolute Gasteiger partial charge is 0.481 e. The number of unbranched alkanes of at least 4 members (excludes halogenated alkanes) is 7. The topological polar surface area (TPSA) is 121 Å². The molecule has 0 rings (SSSR count). The number of carboxylic acid groups (broad SMARTS) is 2. The Balaban J connectivity index is 0. The van der Waals surface area contributed by atoms with E-state index in [-0.39, 0.29) is 19.0 Å². The highest BCUT2D eigenvalue weighted by Crippen LogP contribution is 2.17. The van der Waals surface area contributed by atoms with Crippen molar-refractivity contribution in [1.29, 1.82) is 0 Å². The van der Waals surface area contributed by atoms with E-state index >= 15 is 0 Å². The minimum absolute atomic E-state index is 0. The molecule has 0 saturated carbocycles. The molecule has 0 aromatic carbocycles. The monoisotopic (exact) mass is 368 g/mol. The molecule has 0 amide bonds. The van der Waals surface area contributed by atoms with Crippen LogP contribution in [0.15, 0.2) is 0 Å². The lowest BCUT2D eigenvalue weighted by molar-refractivity contribution is -0.172. The number of carboxylic acids is 2. The van der Waals surface area contributed by atoms with E-state index in [1.807, 2.05) is 0 Å². The molecule has 3 N–H and O–H groups in total. The average Bonchev–Trinajstić information content (AvgIpc) is 2.44. The van der Waals surface area contributed by atoms with Crippen molar-refractivity contribution in [2.45, 2.75) is 76.7 Å². The predicted molar refractivity (Wildman–Crippen MR) is 90.3 cm³/mol. The number of rotatable bonds is 14. The zero-order chi connectivity index (χ0) is 17.7. The van der Waals surface area contributed by atoms with Gasteiger partial charge in [0.05, 0.1) is 19.4 Å². The number of aliphatic hydroxyl groups is 1. The Morgan fingerprint density at radius 3 is 1.83 bits per heavy atom. The van der Waals surface area contributed by atoms with Gasteiger partial charge in [0.15, 0.2) is 5.60 Å². The standard InChI is InChI=1S/C16H28O7.ClH/c1-2-3-4-5-6-7-8-9-10-23-14(19)12-16(22,15(20)21)11-13(17)18;/h22H,2-12H2,1H3,(H,17,18)(H,20,21);1H. The second kappa shape index (κ2) is 14.0. The summed E-state index contributed by atoms with van der Waals surface area (Å²) in [7, 11) is 0. The molecule has 24 heavy (non-hydrogen) atoms. The average molecular weight is 369 g/mol. The summed E-state index contributed by atoms with van der Waals surface area (Å²) >= 11 is 0. The highest BCUT2D eigenvalue weighted by molar-refractivity contribution is 5.88. The van der Waals surface area contributed by atoms with Gasteiger partial charge in [-0.3, -0.25) is 9.59 Å². The van der Waals surface area contributed by atoms with Crippen LogP contribution in [0.4, 0.5) is 0 Å². The summed E-state index contributed by atoms with van der Waals surface area (Å²) in [5.41, 5.74) is -2.62. The van der Waals surface area contributed by atoms with Crippen LogP contribution >= 0.6 is 12.4 Å².